The Labute approximate surface area is 138 Å². The van der Waals surface area contributed by atoms with Crippen molar-refractivity contribution in [2.24, 2.45) is 0 Å². The van der Waals surface area contributed by atoms with Gasteiger partial charge < -0.3 is 15.5 Å². The summed E-state index contributed by atoms with van der Waals surface area (Å²) in [4.78, 5) is 25.3. The molecule has 0 aromatic rings. The maximum absolute atomic E-state index is 11.8. The van der Waals surface area contributed by atoms with Gasteiger partial charge in [0.1, 0.15) is 5.78 Å². The number of unbranched alkanes of at least 4 members (excludes halogenated alkanes) is 2. The topological polar surface area (TPSA) is 61.4 Å². The van der Waals surface area contributed by atoms with Crippen molar-refractivity contribution < 1.29 is 9.59 Å². The molecule has 6 heteroatoms. The van der Waals surface area contributed by atoms with Crippen LogP contribution in [-0.2, 0) is 4.79 Å². The Hall–Kier alpha value is -0.750. The average Bonchev–Trinajstić information content (AvgIpc) is 2.99. The Morgan fingerprint density at radius 1 is 1.18 bits per heavy atom. The van der Waals surface area contributed by atoms with Gasteiger partial charge in [-0.2, -0.15) is 11.8 Å². The molecule has 2 heterocycles. The maximum atomic E-state index is 11.8. The number of nitrogens with one attached hydrogen (secondary N) is 2. The maximum Gasteiger partial charge on any atom is 0.315 e. The lowest BCUT2D eigenvalue weighted by Crippen LogP contribution is -2.36. The van der Waals surface area contributed by atoms with E-state index in [9.17, 15) is 9.59 Å². The quantitative estimate of drug-likeness (QED) is 0.476. The summed E-state index contributed by atoms with van der Waals surface area (Å²) < 4.78 is 0. The van der Waals surface area contributed by atoms with Gasteiger partial charge in [0.15, 0.2) is 0 Å². The standard InChI is InChI=1S/C16H29N3O2S/c1-19(2)10-6-5-8-12(20)7-3-4-9-14-15-13(11-22-14)17-16(21)18-15/h13-15H,3-11H2,1-2H3,(H2,17,18,21). The highest BCUT2D eigenvalue weighted by atomic mass is 32.2. The lowest BCUT2D eigenvalue weighted by Gasteiger charge is -2.16. The Morgan fingerprint density at radius 3 is 2.64 bits per heavy atom. The van der Waals surface area contributed by atoms with Crippen molar-refractivity contribution in [2.45, 2.75) is 62.3 Å². The van der Waals surface area contributed by atoms with E-state index >= 15 is 0 Å². The first-order valence-electron chi connectivity index (χ1n) is 8.41. The number of ketones is 1. The molecule has 0 aliphatic carbocycles. The number of carbonyl (C=O) groups is 2. The average molecular weight is 327 g/mol. The van der Waals surface area contributed by atoms with Gasteiger partial charge in [0.2, 0.25) is 0 Å². The molecule has 2 rings (SSSR count). The van der Waals surface area contributed by atoms with Crippen LogP contribution >= 0.6 is 11.8 Å². The van der Waals surface area contributed by atoms with Gasteiger partial charge >= 0.3 is 6.03 Å². The summed E-state index contributed by atoms with van der Waals surface area (Å²) in [5, 5.41) is 6.49. The number of hydrogen-bond donors (Lipinski definition) is 2. The number of nitrogens with zero attached hydrogens (tertiary/aromatic N) is 1. The Morgan fingerprint density at radius 2 is 1.91 bits per heavy atom. The second-order valence-electron chi connectivity index (χ2n) is 6.67. The van der Waals surface area contributed by atoms with Crippen LogP contribution < -0.4 is 10.6 Å². The molecule has 2 saturated heterocycles. The number of carbonyl (C=O) groups excluding carboxylic acids is 2. The summed E-state index contributed by atoms with van der Waals surface area (Å²) in [7, 11) is 4.13. The van der Waals surface area contributed by atoms with E-state index in [0.29, 0.717) is 23.1 Å². The van der Waals surface area contributed by atoms with Gasteiger partial charge in [0, 0.05) is 23.8 Å². The molecule has 2 amide bonds. The third-order valence-corrected chi connectivity index (χ3v) is 5.95. The second-order valence-corrected chi connectivity index (χ2v) is 7.94. The molecule has 3 unspecified atom stereocenters. The Bertz CT molecular complexity index is 390. The molecule has 0 bridgehead atoms. The van der Waals surface area contributed by atoms with Crippen molar-refractivity contribution in [2.75, 3.05) is 26.4 Å². The van der Waals surface area contributed by atoms with Crippen LogP contribution in [0.15, 0.2) is 0 Å². The van der Waals surface area contributed by atoms with Gasteiger partial charge in [-0.25, -0.2) is 4.79 Å². The van der Waals surface area contributed by atoms with Crippen LogP contribution in [0.25, 0.3) is 0 Å². The molecule has 0 saturated carbocycles. The highest BCUT2D eigenvalue weighted by Gasteiger charge is 2.42. The van der Waals surface area contributed by atoms with E-state index < -0.39 is 0 Å². The fourth-order valence-corrected chi connectivity index (χ4v) is 4.73. The Balaban J connectivity index is 1.50. The van der Waals surface area contributed by atoms with Gasteiger partial charge in [0.25, 0.3) is 0 Å². The number of amides is 2. The number of Topliss-reactive ketones (excluding diaryl/α,β-unsaturated/α-hetero) is 1. The van der Waals surface area contributed by atoms with Crippen LogP contribution in [0.1, 0.15) is 44.9 Å². The van der Waals surface area contributed by atoms with Crippen molar-refractivity contribution in [3.63, 3.8) is 0 Å². The highest BCUT2D eigenvalue weighted by molar-refractivity contribution is 8.00. The number of hydrogen-bond acceptors (Lipinski definition) is 4. The van der Waals surface area contributed by atoms with Crippen LogP contribution in [0.3, 0.4) is 0 Å². The molecule has 2 fully saturated rings. The van der Waals surface area contributed by atoms with E-state index in [-0.39, 0.29) is 6.03 Å². The molecule has 5 nitrogen and oxygen atoms in total. The van der Waals surface area contributed by atoms with Gasteiger partial charge in [-0.15, -0.1) is 0 Å². The van der Waals surface area contributed by atoms with Crippen LogP contribution in [0.2, 0.25) is 0 Å². The van der Waals surface area contributed by atoms with Crippen molar-refractivity contribution in [1.29, 1.82) is 0 Å². The Kier molecular flexibility index (Phi) is 7.02. The first kappa shape index (κ1) is 17.6. The molecule has 2 aliphatic heterocycles. The normalized spacial score (nSPS) is 26.9. The summed E-state index contributed by atoms with van der Waals surface area (Å²) in [6, 6.07) is 0.577. The first-order chi connectivity index (χ1) is 10.6. The van der Waals surface area contributed by atoms with Crippen LogP contribution in [0.5, 0.6) is 0 Å². The fraction of sp³-hybridized carbons (Fsp3) is 0.875. The molecule has 2 N–H and O–H groups in total. The van der Waals surface area contributed by atoms with Crippen LogP contribution in [-0.4, -0.2) is 60.4 Å². The zero-order valence-corrected chi connectivity index (χ0v) is 14.6. The van der Waals surface area contributed by atoms with Crippen molar-refractivity contribution >= 4 is 23.6 Å². The predicted molar refractivity (Wildman–Crippen MR) is 91.4 cm³/mol. The monoisotopic (exact) mass is 327 g/mol. The van der Waals surface area contributed by atoms with Crippen molar-refractivity contribution in [3.8, 4) is 0 Å². The third-order valence-electron chi connectivity index (χ3n) is 4.44. The predicted octanol–water partition coefficient (Wildman–Crippen LogP) is 2.01. The highest BCUT2D eigenvalue weighted by Crippen LogP contribution is 2.33. The molecule has 0 radical (unpaired) electrons. The molecule has 126 valence electrons. The van der Waals surface area contributed by atoms with Crippen molar-refractivity contribution in [3.05, 3.63) is 0 Å². The minimum absolute atomic E-state index is 0.0202. The largest absolute Gasteiger partial charge is 0.332 e. The molecule has 0 aromatic heterocycles. The summed E-state index contributed by atoms with van der Waals surface area (Å²) in [6.45, 7) is 1.06. The number of fused-ring (bicyclic) bond motifs is 1. The van der Waals surface area contributed by atoms with Gasteiger partial charge in [-0.1, -0.05) is 6.42 Å². The lowest BCUT2D eigenvalue weighted by atomic mass is 10.0. The SMILES string of the molecule is CN(C)CCCCC(=O)CCCCC1SCC2NC(=O)NC21. The summed E-state index contributed by atoms with van der Waals surface area (Å²) >= 11 is 1.95. The van der Waals surface area contributed by atoms with E-state index in [1.165, 1.54) is 0 Å². The zero-order valence-electron chi connectivity index (χ0n) is 13.8. The summed E-state index contributed by atoms with van der Waals surface area (Å²) in [5.74, 6) is 1.42. The van der Waals surface area contributed by atoms with Crippen LogP contribution in [0.4, 0.5) is 4.79 Å². The first-order valence-corrected chi connectivity index (χ1v) is 9.46. The molecule has 2 aliphatic rings. The minimum atomic E-state index is -0.0202. The van der Waals surface area contributed by atoms with Gasteiger partial charge in [0.05, 0.1) is 12.1 Å². The second kappa shape index (κ2) is 8.77. The van der Waals surface area contributed by atoms with Crippen LogP contribution in [0, 0.1) is 0 Å². The number of thioether (sulfide) groups is 1. The van der Waals surface area contributed by atoms with Gasteiger partial charge in [-0.05, 0) is 46.3 Å². The van der Waals surface area contributed by atoms with E-state index in [4.69, 9.17) is 0 Å². The lowest BCUT2D eigenvalue weighted by molar-refractivity contribution is -0.119. The molecule has 22 heavy (non-hydrogen) atoms. The fourth-order valence-electron chi connectivity index (χ4n) is 3.19. The molecule has 3 atom stereocenters. The smallest absolute Gasteiger partial charge is 0.315 e. The summed E-state index contributed by atoms with van der Waals surface area (Å²) in [6.07, 6.45) is 6.74. The minimum Gasteiger partial charge on any atom is -0.332 e. The third kappa shape index (κ3) is 5.47. The van der Waals surface area contributed by atoms with E-state index in [0.717, 1.165) is 57.2 Å². The number of urea groups is 1. The van der Waals surface area contributed by atoms with Crippen molar-refractivity contribution in [1.82, 2.24) is 15.5 Å². The molecule has 0 aromatic carbocycles. The zero-order chi connectivity index (χ0) is 15.9. The molecular formula is C16H29N3O2S. The molecule has 0 spiro atoms. The van der Waals surface area contributed by atoms with E-state index in [1.807, 2.05) is 11.8 Å². The van der Waals surface area contributed by atoms with E-state index in [1.54, 1.807) is 0 Å². The summed E-state index contributed by atoms with van der Waals surface area (Å²) in [5.41, 5.74) is 0. The van der Waals surface area contributed by atoms with E-state index in [2.05, 4.69) is 29.6 Å². The number of rotatable bonds is 10. The van der Waals surface area contributed by atoms with Gasteiger partial charge in [-0.3, -0.25) is 4.79 Å². The molecular weight excluding hydrogens is 298 g/mol.